The third-order valence-corrected chi connectivity index (χ3v) is 2.31. The molecular formula is C10H15NO2. The summed E-state index contributed by atoms with van der Waals surface area (Å²) < 4.78 is 5.25. The lowest BCUT2D eigenvalue weighted by molar-refractivity contribution is 0.274. The van der Waals surface area contributed by atoms with Gasteiger partial charge in [0.25, 0.3) is 0 Å². The molecule has 1 aromatic rings. The van der Waals surface area contributed by atoms with Crippen LogP contribution in [0.15, 0.2) is 0 Å². The summed E-state index contributed by atoms with van der Waals surface area (Å²) in [4.78, 5) is 4.27. The van der Waals surface area contributed by atoms with E-state index in [1.165, 1.54) is 0 Å². The Morgan fingerprint density at radius 3 is 2.31 bits per heavy atom. The fourth-order valence-electron chi connectivity index (χ4n) is 1.41. The summed E-state index contributed by atoms with van der Waals surface area (Å²) in [5, 5.41) is 9.04. The molecule has 0 spiro atoms. The third-order valence-electron chi connectivity index (χ3n) is 2.31. The number of aryl methyl sites for hydroxylation is 1. The fourth-order valence-corrected chi connectivity index (χ4v) is 1.41. The van der Waals surface area contributed by atoms with Gasteiger partial charge in [0.05, 0.1) is 19.4 Å². The standard InChI is InChI=1S/C10H15NO2/c1-6-8(3)11-9(5-12)7(2)10(6)13-4/h12H,5H2,1-4H3. The Morgan fingerprint density at radius 1 is 1.23 bits per heavy atom. The maximum absolute atomic E-state index is 9.04. The van der Waals surface area contributed by atoms with Gasteiger partial charge in [-0.05, 0) is 20.8 Å². The molecular weight excluding hydrogens is 166 g/mol. The Labute approximate surface area is 78.4 Å². The summed E-state index contributed by atoms with van der Waals surface area (Å²) in [5.41, 5.74) is 3.57. The van der Waals surface area contributed by atoms with Gasteiger partial charge in [-0.3, -0.25) is 4.98 Å². The third kappa shape index (κ3) is 1.65. The predicted molar refractivity (Wildman–Crippen MR) is 50.9 cm³/mol. The van der Waals surface area contributed by atoms with Crippen LogP contribution in [0.2, 0.25) is 0 Å². The molecule has 3 heteroatoms. The highest BCUT2D eigenvalue weighted by atomic mass is 16.5. The van der Waals surface area contributed by atoms with E-state index in [0.29, 0.717) is 5.69 Å². The first-order valence-electron chi connectivity index (χ1n) is 4.23. The Morgan fingerprint density at radius 2 is 1.85 bits per heavy atom. The van der Waals surface area contributed by atoms with Gasteiger partial charge < -0.3 is 9.84 Å². The zero-order valence-corrected chi connectivity index (χ0v) is 8.51. The van der Waals surface area contributed by atoms with E-state index in [1.807, 2.05) is 20.8 Å². The number of aromatic nitrogens is 1. The molecule has 3 nitrogen and oxygen atoms in total. The van der Waals surface area contributed by atoms with Crippen molar-refractivity contribution in [3.63, 3.8) is 0 Å². The molecule has 0 radical (unpaired) electrons. The second-order valence-corrected chi connectivity index (χ2v) is 3.09. The van der Waals surface area contributed by atoms with Gasteiger partial charge in [-0.25, -0.2) is 0 Å². The van der Waals surface area contributed by atoms with Crippen LogP contribution >= 0.6 is 0 Å². The van der Waals surface area contributed by atoms with E-state index in [4.69, 9.17) is 9.84 Å². The van der Waals surface area contributed by atoms with Crippen molar-refractivity contribution in [3.05, 3.63) is 22.5 Å². The second kappa shape index (κ2) is 3.75. The van der Waals surface area contributed by atoms with E-state index in [0.717, 1.165) is 22.6 Å². The van der Waals surface area contributed by atoms with Crippen molar-refractivity contribution in [1.29, 1.82) is 0 Å². The van der Waals surface area contributed by atoms with Crippen LogP contribution in [0.5, 0.6) is 5.75 Å². The number of hydrogen-bond acceptors (Lipinski definition) is 3. The summed E-state index contributed by atoms with van der Waals surface area (Å²) in [6, 6.07) is 0. The molecule has 1 aromatic heterocycles. The van der Waals surface area contributed by atoms with E-state index in [2.05, 4.69) is 4.98 Å². The van der Waals surface area contributed by atoms with E-state index in [1.54, 1.807) is 7.11 Å². The molecule has 0 unspecified atom stereocenters. The van der Waals surface area contributed by atoms with Crippen molar-refractivity contribution in [2.45, 2.75) is 27.4 Å². The van der Waals surface area contributed by atoms with Crippen LogP contribution in [0.3, 0.4) is 0 Å². The minimum Gasteiger partial charge on any atom is -0.496 e. The Hall–Kier alpha value is -1.09. The first-order chi connectivity index (χ1) is 6.11. The SMILES string of the molecule is COc1c(C)c(C)nc(CO)c1C. The van der Waals surface area contributed by atoms with Gasteiger partial charge in [0.15, 0.2) is 0 Å². The summed E-state index contributed by atoms with van der Waals surface area (Å²) in [5.74, 6) is 0.830. The number of aliphatic hydroxyl groups excluding tert-OH is 1. The van der Waals surface area contributed by atoms with Crippen molar-refractivity contribution in [2.24, 2.45) is 0 Å². The van der Waals surface area contributed by atoms with Crippen LogP contribution < -0.4 is 4.74 Å². The van der Waals surface area contributed by atoms with Gasteiger partial charge >= 0.3 is 0 Å². The van der Waals surface area contributed by atoms with E-state index >= 15 is 0 Å². The van der Waals surface area contributed by atoms with Gasteiger partial charge in [-0.2, -0.15) is 0 Å². The quantitative estimate of drug-likeness (QED) is 0.752. The van der Waals surface area contributed by atoms with Gasteiger partial charge in [0.2, 0.25) is 0 Å². The first kappa shape index (κ1) is 9.99. The van der Waals surface area contributed by atoms with Crippen molar-refractivity contribution in [2.75, 3.05) is 7.11 Å². The molecule has 1 heterocycles. The van der Waals surface area contributed by atoms with Crippen molar-refractivity contribution in [3.8, 4) is 5.75 Å². The number of pyridine rings is 1. The van der Waals surface area contributed by atoms with Crippen LogP contribution in [-0.4, -0.2) is 17.2 Å². The molecule has 1 rings (SSSR count). The minimum absolute atomic E-state index is 0.0384. The van der Waals surface area contributed by atoms with Crippen LogP contribution in [0.4, 0.5) is 0 Å². The van der Waals surface area contributed by atoms with Gasteiger partial charge in [0.1, 0.15) is 5.75 Å². The molecule has 0 saturated carbocycles. The highest BCUT2D eigenvalue weighted by Crippen LogP contribution is 2.26. The maximum Gasteiger partial charge on any atom is 0.128 e. The summed E-state index contributed by atoms with van der Waals surface area (Å²) in [6.45, 7) is 5.75. The molecule has 0 saturated heterocycles. The second-order valence-electron chi connectivity index (χ2n) is 3.09. The molecule has 13 heavy (non-hydrogen) atoms. The van der Waals surface area contributed by atoms with Crippen LogP contribution in [-0.2, 0) is 6.61 Å². The highest BCUT2D eigenvalue weighted by Gasteiger charge is 2.11. The minimum atomic E-state index is -0.0384. The lowest BCUT2D eigenvalue weighted by atomic mass is 10.1. The molecule has 0 aromatic carbocycles. The predicted octanol–water partition coefficient (Wildman–Crippen LogP) is 1.51. The van der Waals surface area contributed by atoms with Crippen LogP contribution in [0.1, 0.15) is 22.5 Å². The van der Waals surface area contributed by atoms with Crippen molar-refractivity contribution in [1.82, 2.24) is 4.98 Å². The van der Waals surface area contributed by atoms with Crippen LogP contribution in [0.25, 0.3) is 0 Å². The van der Waals surface area contributed by atoms with Crippen molar-refractivity contribution < 1.29 is 9.84 Å². The number of rotatable bonds is 2. The topological polar surface area (TPSA) is 42.4 Å². The van der Waals surface area contributed by atoms with E-state index < -0.39 is 0 Å². The normalized spacial score (nSPS) is 10.2. The number of nitrogens with zero attached hydrogens (tertiary/aromatic N) is 1. The fraction of sp³-hybridized carbons (Fsp3) is 0.500. The maximum atomic E-state index is 9.04. The molecule has 0 fully saturated rings. The largest absolute Gasteiger partial charge is 0.496 e. The average Bonchev–Trinajstić information content (AvgIpc) is 2.12. The van der Waals surface area contributed by atoms with E-state index in [-0.39, 0.29) is 6.61 Å². The summed E-state index contributed by atoms with van der Waals surface area (Å²) >= 11 is 0. The Balaban J connectivity index is 3.39. The van der Waals surface area contributed by atoms with Crippen LogP contribution in [0, 0.1) is 20.8 Å². The zero-order valence-electron chi connectivity index (χ0n) is 8.51. The molecule has 0 aliphatic heterocycles. The number of ether oxygens (including phenoxy) is 1. The lowest BCUT2D eigenvalue weighted by Gasteiger charge is -2.13. The molecule has 0 atom stereocenters. The number of methoxy groups -OCH3 is 1. The summed E-state index contributed by atoms with van der Waals surface area (Å²) in [6.07, 6.45) is 0. The van der Waals surface area contributed by atoms with E-state index in [9.17, 15) is 0 Å². The molecule has 0 amide bonds. The Kier molecular flexibility index (Phi) is 2.88. The molecule has 0 aliphatic carbocycles. The molecule has 1 N–H and O–H groups in total. The smallest absolute Gasteiger partial charge is 0.128 e. The summed E-state index contributed by atoms with van der Waals surface area (Å²) in [7, 11) is 1.63. The van der Waals surface area contributed by atoms with Gasteiger partial charge in [0, 0.05) is 16.8 Å². The van der Waals surface area contributed by atoms with Gasteiger partial charge in [-0.15, -0.1) is 0 Å². The first-order valence-corrected chi connectivity index (χ1v) is 4.23. The Bertz CT molecular complexity index is 321. The molecule has 0 bridgehead atoms. The van der Waals surface area contributed by atoms with Crippen molar-refractivity contribution >= 4 is 0 Å². The zero-order chi connectivity index (χ0) is 10.0. The monoisotopic (exact) mass is 181 g/mol. The lowest BCUT2D eigenvalue weighted by Crippen LogP contribution is -2.02. The average molecular weight is 181 g/mol. The number of aliphatic hydroxyl groups is 1. The number of hydrogen-bond donors (Lipinski definition) is 1. The van der Waals surface area contributed by atoms with Gasteiger partial charge in [-0.1, -0.05) is 0 Å². The molecule has 72 valence electrons. The highest BCUT2D eigenvalue weighted by molar-refractivity contribution is 5.44. The molecule has 0 aliphatic rings.